The van der Waals surface area contributed by atoms with Crippen molar-refractivity contribution in [2.75, 3.05) is 12.4 Å². The van der Waals surface area contributed by atoms with Crippen LogP contribution in [0.25, 0.3) is 0 Å². The Hall–Kier alpha value is -0.600. The molecular formula is C13H21ClN2. The molecular weight excluding hydrogens is 220 g/mol. The van der Waals surface area contributed by atoms with Gasteiger partial charge in [-0.25, -0.2) is 0 Å². The van der Waals surface area contributed by atoms with Crippen molar-refractivity contribution in [2.45, 2.75) is 39.3 Å². The molecule has 0 aliphatic heterocycles. The fourth-order valence-electron chi connectivity index (χ4n) is 2.03. The molecule has 3 heteroatoms. The van der Waals surface area contributed by atoms with E-state index in [2.05, 4.69) is 29.8 Å². The van der Waals surface area contributed by atoms with Crippen molar-refractivity contribution < 1.29 is 0 Å². The van der Waals surface area contributed by atoms with Crippen molar-refractivity contribution in [2.24, 2.45) is 0 Å². The largest absolute Gasteiger partial charge is 0.295 e. The maximum atomic E-state index is 5.86. The van der Waals surface area contributed by atoms with E-state index in [4.69, 9.17) is 11.6 Å². The molecule has 1 aromatic rings. The predicted molar refractivity (Wildman–Crippen MR) is 69.7 cm³/mol. The second-order valence-electron chi connectivity index (χ2n) is 3.99. The molecule has 1 rings (SSSR count). The van der Waals surface area contributed by atoms with Gasteiger partial charge in [0.15, 0.2) is 0 Å². The first-order valence-corrected chi connectivity index (χ1v) is 6.54. The van der Waals surface area contributed by atoms with Gasteiger partial charge in [0.05, 0.1) is 0 Å². The number of nitrogens with zero attached hydrogens (tertiary/aromatic N) is 2. The van der Waals surface area contributed by atoms with Crippen molar-refractivity contribution in [3.05, 3.63) is 30.1 Å². The van der Waals surface area contributed by atoms with Gasteiger partial charge in [0, 0.05) is 37.4 Å². The molecule has 0 unspecified atom stereocenters. The summed E-state index contributed by atoms with van der Waals surface area (Å²) in [6.45, 7) is 6.37. The molecule has 0 saturated carbocycles. The summed E-state index contributed by atoms with van der Waals surface area (Å²) in [6.07, 6.45) is 6.09. The molecule has 0 spiro atoms. The van der Waals surface area contributed by atoms with Crippen LogP contribution in [-0.2, 0) is 6.54 Å². The van der Waals surface area contributed by atoms with Gasteiger partial charge < -0.3 is 0 Å². The summed E-state index contributed by atoms with van der Waals surface area (Å²) in [6, 6.07) is 4.73. The second kappa shape index (κ2) is 7.64. The molecule has 0 amide bonds. The van der Waals surface area contributed by atoms with E-state index in [0.29, 0.717) is 11.9 Å². The highest BCUT2D eigenvalue weighted by atomic mass is 35.5. The van der Waals surface area contributed by atoms with Crippen LogP contribution in [-0.4, -0.2) is 28.4 Å². The normalized spacial score (nSPS) is 11.3. The number of alkyl halides is 1. The minimum Gasteiger partial charge on any atom is -0.295 e. The first-order chi connectivity index (χ1) is 7.81. The first-order valence-electron chi connectivity index (χ1n) is 6.00. The molecule has 0 saturated heterocycles. The zero-order valence-electron chi connectivity index (χ0n) is 10.2. The molecule has 90 valence electrons. The Morgan fingerprint density at radius 1 is 1.38 bits per heavy atom. The fraction of sp³-hybridized carbons (Fsp3) is 0.615. The van der Waals surface area contributed by atoms with Gasteiger partial charge in [0.2, 0.25) is 0 Å². The van der Waals surface area contributed by atoms with Crippen LogP contribution in [0.1, 0.15) is 32.3 Å². The second-order valence-corrected chi connectivity index (χ2v) is 4.37. The van der Waals surface area contributed by atoms with E-state index in [1.807, 2.05) is 18.5 Å². The van der Waals surface area contributed by atoms with Crippen molar-refractivity contribution in [1.82, 2.24) is 9.88 Å². The van der Waals surface area contributed by atoms with E-state index in [9.17, 15) is 0 Å². The van der Waals surface area contributed by atoms with Crippen LogP contribution in [0.4, 0.5) is 0 Å². The number of pyridine rings is 1. The van der Waals surface area contributed by atoms with Crippen LogP contribution < -0.4 is 0 Å². The van der Waals surface area contributed by atoms with Crippen LogP contribution in [0.3, 0.4) is 0 Å². The fourth-order valence-corrected chi connectivity index (χ4v) is 2.25. The van der Waals surface area contributed by atoms with E-state index < -0.39 is 0 Å². The van der Waals surface area contributed by atoms with Gasteiger partial charge in [-0.05, 0) is 24.5 Å². The minimum absolute atomic E-state index is 0.624. The summed E-state index contributed by atoms with van der Waals surface area (Å²) in [5.74, 6) is 0.691. The molecule has 0 radical (unpaired) electrons. The number of hydrogen-bond acceptors (Lipinski definition) is 2. The minimum atomic E-state index is 0.624. The molecule has 0 fully saturated rings. The molecule has 0 aliphatic rings. The van der Waals surface area contributed by atoms with Gasteiger partial charge in [-0.2, -0.15) is 0 Å². The molecule has 0 atom stereocenters. The lowest BCUT2D eigenvalue weighted by Gasteiger charge is -2.29. The Bertz CT molecular complexity index is 273. The number of rotatable bonds is 7. The lowest BCUT2D eigenvalue weighted by molar-refractivity contribution is 0.188. The van der Waals surface area contributed by atoms with E-state index >= 15 is 0 Å². The molecule has 2 nitrogen and oxygen atoms in total. The van der Waals surface area contributed by atoms with Crippen LogP contribution >= 0.6 is 11.6 Å². The third-order valence-electron chi connectivity index (χ3n) is 2.94. The summed E-state index contributed by atoms with van der Waals surface area (Å²) in [7, 11) is 0. The zero-order valence-corrected chi connectivity index (χ0v) is 11.0. The third-order valence-corrected chi connectivity index (χ3v) is 3.11. The Kier molecular flexibility index (Phi) is 6.43. The van der Waals surface area contributed by atoms with Gasteiger partial charge in [-0.3, -0.25) is 9.88 Å². The number of halogens is 1. The van der Waals surface area contributed by atoms with Crippen molar-refractivity contribution >= 4 is 11.6 Å². The standard InChI is InChI=1S/C13H21ClN2/c1-3-13(4-2)16(9-7-14)11-12-6-5-8-15-10-12/h5-6,8,10,13H,3-4,7,9,11H2,1-2H3. The Labute approximate surface area is 104 Å². The van der Waals surface area contributed by atoms with Gasteiger partial charge in [-0.1, -0.05) is 19.9 Å². The highest BCUT2D eigenvalue weighted by Crippen LogP contribution is 2.12. The summed E-state index contributed by atoms with van der Waals surface area (Å²) < 4.78 is 0. The lowest BCUT2D eigenvalue weighted by Crippen LogP contribution is -2.35. The molecule has 0 N–H and O–H groups in total. The highest BCUT2D eigenvalue weighted by Gasteiger charge is 2.14. The number of aromatic nitrogens is 1. The van der Waals surface area contributed by atoms with Crippen molar-refractivity contribution in [3.8, 4) is 0 Å². The summed E-state index contributed by atoms with van der Waals surface area (Å²) in [5.41, 5.74) is 1.26. The molecule has 0 bridgehead atoms. The SMILES string of the molecule is CCC(CC)N(CCCl)Cc1cccnc1. The van der Waals surface area contributed by atoms with Crippen LogP contribution in [0.2, 0.25) is 0 Å². The van der Waals surface area contributed by atoms with Gasteiger partial charge in [-0.15, -0.1) is 11.6 Å². The Morgan fingerprint density at radius 2 is 2.12 bits per heavy atom. The summed E-state index contributed by atoms with van der Waals surface area (Å²) >= 11 is 5.86. The molecule has 0 aliphatic carbocycles. The quantitative estimate of drug-likeness (QED) is 0.680. The summed E-state index contributed by atoms with van der Waals surface area (Å²) in [4.78, 5) is 6.60. The van der Waals surface area contributed by atoms with Crippen LogP contribution in [0, 0.1) is 0 Å². The average molecular weight is 241 g/mol. The summed E-state index contributed by atoms with van der Waals surface area (Å²) in [5, 5.41) is 0. The first kappa shape index (κ1) is 13.5. The molecule has 1 heterocycles. The topological polar surface area (TPSA) is 16.1 Å². The van der Waals surface area contributed by atoms with Crippen LogP contribution in [0.5, 0.6) is 0 Å². The lowest BCUT2D eigenvalue weighted by atomic mass is 10.1. The van der Waals surface area contributed by atoms with Gasteiger partial charge in [0.1, 0.15) is 0 Å². The van der Waals surface area contributed by atoms with E-state index in [-0.39, 0.29) is 0 Å². The number of hydrogen-bond donors (Lipinski definition) is 0. The Balaban J connectivity index is 2.63. The maximum Gasteiger partial charge on any atom is 0.0351 e. The van der Waals surface area contributed by atoms with E-state index in [0.717, 1.165) is 13.1 Å². The Morgan fingerprint density at radius 3 is 2.62 bits per heavy atom. The predicted octanol–water partition coefficient (Wildman–Crippen LogP) is 3.31. The van der Waals surface area contributed by atoms with Crippen molar-refractivity contribution in [3.63, 3.8) is 0 Å². The van der Waals surface area contributed by atoms with Crippen molar-refractivity contribution in [1.29, 1.82) is 0 Å². The maximum absolute atomic E-state index is 5.86. The monoisotopic (exact) mass is 240 g/mol. The van der Waals surface area contributed by atoms with Gasteiger partial charge in [0.25, 0.3) is 0 Å². The van der Waals surface area contributed by atoms with E-state index in [1.54, 1.807) is 0 Å². The molecule has 16 heavy (non-hydrogen) atoms. The third kappa shape index (κ3) is 4.11. The van der Waals surface area contributed by atoms with Crippen LogP contribution in [0.15, 0.2) is 24.5 Å². The smallest absolute Gasteiger partial charge is 0.0351 e. The average Bonchev–Trinajstić information content (AvgIpc) is 2.32. The molecule has 0 aromatic carbocycles. The molecule has 1 aromatic heterocycles. The highest BCUT2D eigenvalue weighted by molar-refractivity contribution is 6.18. The van der Waals surface area contributed by atoms with Gasteiger partial charge >= 0.3 is 0 Å². The zero-order chi connectivity index (χ0) is 11.8. The van der Waals surface area contributed by atoms with E-state index in [1.165, 1.54) is 18.4 Å².